The van der Waals surface area contributed by atoms with Crippen molar-refractivity contribution in [2.24, 2.45) is 0 Å². The minimum absolute atomic E-state index is 0.0599. The Morgan fingerprint density at radius 1 is 1.00 bits per heavy atom. The van der Waals surface area contributed by atoms with Crippen LogP contribution in [-0.4, -0.2) is 30.1 Å². The third kappa shape index (κ3) is 5.72. The number of aromatic nitrogens is 1. The average molecular weight is 423 g/mol. The van der Waals surface area contributed by atoms with E-state index in [9.17, 15) is 9.59 Å². The first-order chi connectivity index (χ1) is 14.9. The van der Waals surface area contributed by atoms with Gasteiger partial charge in [-0.3, -0.25) is 9.59 Å². The molecule has 162 valence electrons. The normalized spacial score (nSPS) is 11.6. The second kappa shape index (κ2) is 9.93. The molecule has 0 fully saturated rings. The van der Waals surface area contributed by atoms with Crippen LogP contribution in [0.5, 0.6) is 11.5 Å². The Hall–Kier alpha value is -3.61. The molecule has 7 nitrogen and oxygen atoms in total. The van der Waals surface area contributed by atoms with Crippen LogP contribution in [-0.2, 0) is 22.6 Å². The number of benzene rings is 2. The van der Waals surface area contributed by atoms with Crippen LogP contribution < -0.4 is 9.47 Å². The third-order valence-corrected chi connectivity index (χ3v) is 4.89. The highest BCUT2D eigenvalue weighted by molar-refractivity contribution is 6.00. The predicted molar refractivity (Wildman–Crippen MR) is 113 cm³/mol. The second-order valence-electron chi connectivity index (χ2n) is 7.14. The van der Waals surface area contributed by atoms with Gasteiger partial charge in [0.25, 0.3) is 0 Å². The number of aryl methyl sites for hydroxylation is 2. The van der Waals surface area contributed by atoms with Crippen LogP contribution in [0.2, 0.25) is 0 Å². The van der Waals surface area contributed by atoms with Gasteiger partial charge < -0.3 is 18.7 Å². The summed E-state index contributed by atoms with van der Waals surface area (Å²) in [5.41, 5.74) is 2.94. The smallest absolute Gasteiger partial charge is 0.310 e. The molecule has 0 spiro atoms. The molecule has 0 radical (unpaired) electrons. The number of rotatable bonds is 9. The van der Waals surface area contributed by atoms with Gasteiger partial charge in [-0.2, -0.15) is 0 Å². The summed E-state index contributed by atoms with van der Waals surface area (Å²) in [7, 11) is 1.55. The van der Waals surface area contributed by atoms with Gasteiger partial charge in [0.15, 0.2) is 6.10 Å². The molecule has 7 heteroatoms. The van der Waals surface area contributed by atoms with Crippen LogP contribution in [0.3, 0.4) is 0 Å². The van der Waals surface area contributed by atoms with Crippen molar-refractivity contribution < 1.29 is 28.3 Å². The SMILES string of the molecule is COc1ccc(C(=O)[C@@H](C)OC(=O)Cc2ccc(OCc3c(C)noc3C)cc2)cc1. The van der Waals surface area contributed by atoms with Crippen molar-refractivity contribution in [3.63, 3.8) is 0 Å². The summed E-state index contributed by atoms with van der Waals surface area (Å²) in [6, 6.07) is 13.8. The van der Waals surface area contributed by atoms with E-state index >= 15 is 0 Å². The maximum atomic E-state index is 12.4. The molecular formula is C24H25NO6. The number of nitrogens with zero attached hydrogens (tertiary/aromatic N) is 1. The van der Waals surface area contributed by atoms with Crippen LogP contribution in [0.1, 0.15) is 39.9 Å². The Morgan fingerprint density at radius 2 is 1.65 bits per heavy atom. The van der Waals surface area contributed by atoms with Crippen LogP contribution in [0.15, 0.2) is 53.1 Å². The molecule has 3 rings (SSSR count). The molecule has 0 saturated heterocycles. The van der Waals surface area contributed by atoms with Crippen LogP contribution in [0, 0.1) is 13.8 Å². The summed E-state index contributed by atoms with van der Waals surface area (Å²) in [6.07, 6.45) is -0.816. The summed E-state index contributed by atoms with van der Waals surface area (Å²) in [6.45, 7) is 5.63. The van der Waals surface area contributed by atoms with Crippen molar-refractivity contribution in [3.8, 4) is 11.5 Å². The molecule has 2 aromatic carbocycles. The molecular weight excluding hydrogens is 398 g/mol. The summed E-state index contributed by atoms with van der Waals surface area (Å²) < 4.78 is 21.3. The minimum Gasteiger partial charge on any atom is -0.497 e. The van der Waals surface area contributed by atoms with Crippen molar-refractivity contribution in [2.75, 3.05) is 7.11 Å². The Bertz CT molecular complexity index is 1020. The van der Waals surface area contributed by atoms with E-state index in [0.29, 0.717) is 23.7 Å². The number of ether oxygens (including phenoxy) is 3. The Morgan fingerprint density at radius 3 is 2.23 bits per heavy atom. The van der Waals surface area contributed by atoms with E-state index in [4.69, 9.17) is 18.7 Å². The van der Waals surface area contributed by atoms with Crippen molar-refractivity contribution in [3.05, 3.63) is 76.7 Å². The Balaban J connectivity index is 1.51. The van der Waals surface area contributed by atoms with Gasteiger partial charge in [-0.25, -0.2) is 0 Å². The lowest BCUT2D eigenvalue weighted by Crippen LogP contribution is -2.25. The number of carbonyl (C=O) groups is 2. The van der Waals surface area contributed by atoms with E-state index in [1.807, 2.05) is 13.8 Å². The molecule has 31 heavy (non-hydrogen) atoms. The van der Waals surface area contributed by atoms with Crippen LogP contribution in [0.4, 0.5) is 0 Å². The molecule has 0 aliphatic rings. The summed E-state index contributed by atoms with van der Waals surface area (Å²) in [4.78, 5) is 24.7. The Labute approximate surface area is 180 Å². The largest absolute Gasteiger partial charge is 0.497 e. The zero-order valence-corrected chi connectivity index (χ0v) is 18.0. The van der Waals surface area contributed by atoms with E-state index in [2.05, 4.69) is 5.16 Å². The molecule has 0 amide bonds. The molecule has 0 saturated carbocycles. The fraction of sp³-hybridized carbons (Fsp3) is 0.292. The van der Waals surface area contributed by atoms with Gasteiger partial charge in [0.1, 0.15) is 23.9 Å². The van der Waals surface area contributed by atoms with Crippen molar-refractivity contribution >= 4 is 11.8 Å². The van der Waals surface area contributed by atoms with Gasteiger partial charge in [-0.05, 0) is 62.7 Å². The lowest BCUT2D eigenvalue weighted by atomic mass is 10.1. The van der Waals surface area contributed by atoms with E-state index in [0.717, 1.165) is 22.6 Å². The lowest BCUT2D eigenvalue weighted by molar-refractivity contribution is -0.145. The number of hydrogen-bond acceptors (Lipinski definition) is 7. The summed E-state index contributed by atoms with van der Waals surface area (Å²) in [5.74, 6) is 1.31. The number of carbonyl (C=O) groups excluding carboxylic acids is 2. The maximum absolute atomic E-state index is 12.4. The molecule has 1 aromatic heterocycles. The molecule has 0 aliphatic heterocycles. The number of methoxy groups -OCH3 is 1. The van der Waals surface area contributed by atoms with Crippen LogP contribution >= 0.6 is 0 Å². The van der Waals surface area contributed by atoms with Crippen molar-refractivity contribution in [1.29, 1.82) is 0 Å². The van der Waals surface area contributed by atoms with Gasteiger partial charge in [0, 0.05) is 5.56 Å². The average Bonchev–Trinajstić information content (AvgIpc) is 3.10. The second-order valence-corrected chi connectivity index (χ2v) is 7.14. The topological polar surface area (TPSA) is 87.9 Å². The highest BCUT2D eigenvalue weighted by Gasteiger charge is 2.20. The summed E-state index contributed by atoms with van der Waals surface area (Å²) in [5, 5.41) is 3.90. The number of ketones is 1. The Kier molecular flexibility index (Phi) is 7.07. The summed E-state index contributed by atoms with van der Waals surface area (Å²) >= 11 is 0. The van der Waals surface area contributed by atoms with Gasteiger partial charge >= 0.3 is 5.97 Å². The molecule has 0 unspecified atom stereocenters. The highest BCUT2D eigenvalue weighted by Crippen LogP contribution is 2.19. The third-order valence-electron chi connectivity index (χ3n) is 4.89. The zero-order chi connectivity index (χ0) is 22.4. The standard InChI is InChI=1S/C24H25NO6/c1-15-22(16(2)31-25-15)14-29-21-9-5-18(6-10-21)13-23(26)30-17(3)24(27)19-7-11-20(28-4)12-8-19/h5-12,17H,13-14H2,1-4H3/t17-/m1/s1. The lowest BCUT2D eigenvalue weighted by Gasteiger charge is -2.13. The highest BCUT2D eigenvalue weighted by atomic mass is 16.5. The van der Waals surface area contributed by atoms with Gasteiger partial charge in [-0.1, -0.05) is 17.3 Å². The first kappa shape index (κ1) is 22.1. The fourth-order valence-corrected chi connectivity index (χ4v) is 3.02. The molecule has 0 bridgehead atoms. The number of esters is 1. The van der Waals surface area contributed by atoms with Crippen molar-refractivity contribution in [2.45, 2.75) is 39.9 Å². The zero-order valence-electron chi connectivity index (χ0n) is 18.0. The van der Waals surface area contributed by atoms with Crippen LogP contribution in [0.25, 0.3) is 0 Å². The number of Topliss-reactive ketones (excluding diaryl/α,β-unsaturated/α-hetero) is 1. The first-order valence-electron chi connectivity index (χ1n) is 9.88. The molecule has 0 aliphatic carbocycles. The van der Waals surface area contributed by atoms with Crippen molar-refractivity contribution in [1.82, 2.24) is 5.16 Å². The fourth-order valence-electron chi connectivity index (χ4n) is 3.02. The predicted octanol–water partition coefficient (Wildman–Crippen LogP) is 4.24. The van der Waals surface area contributed by atoms with Gasteiger partial charge in [-0.15, -0.1) is 0 Å². The van der Waals surface area contributed by atoms with E-state index in [1.165, 1.54) is 0 Å². The first-order valence-corrected chi connectivity index (χ1v) is 9.88. The molecule has 0 N–H and O–H groups in total. The monoisotopic (exact) mass is 423 g/mol. The van der Waals surface area contributed by atoms with Gasteiger partial charge in [0.2, 0.25) is 5.78 Å². The minimum atomic E-state index is -0.876. The van der Waals surface area contributed by atoms with E-state index in [-0.39, 0.29) is 12.2 Å². The van der Waals surface area contributed by atoms with Gasteiger partial charge in [0.05, 0.1) is 24.8 Å². The van der Waals surface area contributed by atoms with E-state index in [1.54, 1.807) is 62.6 Å². The molecule has 1 heterocycles. The molecule has 1 atom stereocenters. The molecule has 3 aromatic rings. The maximum Gasteiger partial charge on any atom is 0.310 e. The number of hydrogen-bond donors (Lipinski definition) is 0. The quantitative estimate of drug-likeness (QED) is 0.376. The van der Waals surface area contributed by atoms with E-state index < -0.39 is 12.1 Å².